The number of amides is 1. The molecule has 1 amide bonds. The van der Waals surface area contributed by atoms with Gasteiger partial charge in [0.15, 0.2) is 5.69 Å². The average molecular weight is 370 g/mol. The summed E-state index contributed by atoms with van der Waals surface area (Å²) in [6.07, 6.45) is 1.51. The number of carbonyl (C=O) groups excluding carboxylic acids is 1. The molecule has 0 atom stereocenters. The van der Waals surface area contributed by atoms with Gasteiger partial charge in [-0.25, -0.2) is 4.68 Å². The topological polar surface area (TPSA) is 73.2 Å². The SMILES string of the molecule is COc1ccc(-n2ccc(=O)c(C(=O)Nc3cccc(Cl)c3C)n2)cc1. The molecule has 0 fully saturated rings. The number of rotatable bonds is 4. The van der Waals surface area contributed by atoms with Crippen molar-refractivity contribution in [3.63, 3.8) is 0 Å². The largest absolute Gasteiger partial charge is 0.497 e. The molecule has 1 N–H and O–H groups in total. The van der Waals surface area contributed by atoms with Crippen LogP contribution in [0.15, 0.2) is 59.5 Å². The van der Waals surface area contributed by atoms with E-state index in [1.165, 1.54) is 16.9 Å². The summed E-state index contributed by atoms with van der Waals surface area (Å²) in [5, 5.41) is 7.38. The lowest BCUT2D eigenvalue weighted by molar-refractivity contribution is 0.101. The Bertz CT molecular complexity index is 1010. The number of ether oxygens (including phenoxy) is 1. The van der Waals surface area contributed by atoms with E-state index in [0.29, 0.717) is 27.7 Å². The molecule has 26 heavy (non-hydrogen) atoms. The van der Waals surface area contributed by atoms with Gasteiger partial charge in [-0.1, -0.05) is 17.7 Å². The summed E-state index contributed by atoms with van der Waals surface area (Å²) in [5.74, 6) is 0.104. The highest BCUT2D eigenvalue weighted by atomic mass is 35.5. The molecule has 7 heteroatoms. The number of halogens is 1. The zero-order chi connectivity index (χ0) is 18.7. The number of hydrogen-bond donors (Lipinski definition) is 1. The molecule has 0 saturated carbocycles. The molecule has 132 valence electrons. The molecule has 0 radical (unpaired) electrons. The third-order valence-electron chi connectivity index (χ3n) is 3.88. The first-order valence-electron chi connectivity index (χ1n) is 7.80. The van der Waals surface area contributed by atoms with Gasteiger partial charge >= 0.3 is 0 Å². The maximum absolute atomic E-state index is 12.5. The second-order valence-electron chi connectivity index (χ2n) is 5.54. The highest BCUT2D eigenvalue weighted by molar-refractivity contribution is 6.31. The smallest absolute Gasteiger partial charge is 0.280 e. The summed E-state index contributed by atoms with van der Waals surface area (Å²) in [7, 11) is 1.58. The third kappa shape index (κ3) is 3.60. The second kappa shape index (κ2) is 7.41. The van der Waals surface area contributed by atoms with Gasteiger partial charge in [-0.05, 0) is 48.9 Å². The van der Waals surface area contributed by atoms with Crippen LogP contribution in [0, 0.1) is 6.92 Å². The van der Waals surface area contributed by atoms with Crippen molar-refractivity contribution in [3.8, 4) is 11.4 Å². The van der Waals surface area contributed by atoms with E-state index < -0.39 is 11.3 Å². The van der Waals surface area contributed by atoms with Crippen LogP contribution in [0.4, 0.5) is 5.69 Å². The van der Waals surface area contributed by atoms with Crippen molar-refractivity contribution in [1.82, 2.24) is 9.78 Å². The van der Waals surface area contributed by atoms with Crippen LogP contribution in [0.2, 0.25) is 5.02 Å². The second-order valence-corrected chi connectivity index (χ2v) is 5.94. The Hall–Kier alpha value is -3.12. The molecule has 0 aliphatic carbocycles. The van der Waals surface area contributed by atoms with Gasteiger partial charge in [-0.15, -0.1) is 0 Å². The normalized spacial score (nSPS) is 10.4. The van der Waals surface area contributed by atoms with Gasteiger partial charge in [0.05, 0.1) is 12.8 Å². The first-order valence-corrected chi connectivity index (χ1v) is 8.18. The van der Waals surface area contributed by atoms with Gasteiger partial charge in [0, 0.05) is 23.0 Å². The first kappa shape index (κ1) is 17.7. The van der Waals surface area contributed by atoms with Crippen LogP contribution in [0.5, 0.6) is 5.75 Å². The predicted octanol–water partition coefficient (Wildman–Crippen LogP) is 3.46. The molecule has 0 aliphatic heterocycles. The maximum atomic E-state index is 12.5. The lowest BCUT2D eigenvalue weighted by Gasteiger charge is -2.10. The molecular formula is C19H16ClN3O3. The van der Waals surface area contributed by atoms with Crippen molar-refractivity contribution in [2.75, 3.05) is 12.4 Å². The standard InChI is InChI=1S/C19H16ClN3O3/c1-12-15(20)4-3-5-16(12)21-19(25)18-17(24)10-11-23(22-18)13-6-8-14(26-2)9-7-13/h3-11H,1-2H3,(H,21,25). The van der Waals surface area contributed by atoms with E-state index in [-0.39, 0.29) is 5.69 Å². The van der Waals surface area contributed by atoms with Crippen LogP contribution in [0.1, 0.15) is 16.1 Å². The maximum Gasteiger partial charge on any atom is 0.280 e. The fraction of sp³-hybridized carbons (Fsp3) is 0.105. The van der Waals surface area contributed by atoms with Crippen molar-refractivity contribution in [2.24, 2.45) is 0 Å². The summed E-state index contributed by atoms with van der Waals surface area (Å²) >= 11 is 6.06. The molecule has 1 heterocycles. The van der Waals surface area contributed by atoms with Gasteiger partial charge < -0.3 is 10.1 Å². The number of nitrogens with zero attached hydrogens (tertiary/aromatic N) is 2. The van der Waals surface area contributed by atoms with Crippen LogP contribution in [0.3, 0.4) is 0 Å². The highest BCUT2D eigenvalue weighted by Gasteiger charge is 2.15. The third-order valence-corrected chi connectivity index (χ3v) is 4.29. The Morgan fingerprint density at radius 3 is 2.58 bits per heavy atom. The summed E-state index contributed by atoms with van der Waals surface area (Å²) in [4.78, 5) is 24.6. The van der Waals surface area contributed by atoms with Gasteiger partial charge in [0.1, 0.15) is 5.75 Å². The number of anilines is 1. The van der Waals surface area contributed by atoms with Crippen LogP contribution in [-0.2, 0) is 0 Å². The van der Waals surface area contributed by atoms with E-state index in [1.807, 2.05) is 0 Å². The zero-order valence-electron chi connectivity index (χ0n) is 14.2. The lowest BCUT2D eigenvalue weighted by atomic mass is 10.2. The van der Waals surface area contributed by atoms with E-state index in [9.17, 15) is 9.59 Å². The van der Waals surface area contributed by atoms with E-state index in [0.717, 1.165) is 0 Å². The number of hydrogen-bond acceptors (Lipinski definition) is 4. The number of carbonyl (C=O) groups is 1. The Morgan fingerprint density at radius 2 is 1.88 bits per heavy atom. The van der Waals surface area contributed by atoms with Crippen LogP contribution in [0.25, 0.3) is 5.69 Å². The Labute approximate surface area is 155 Å². The minimum atomic E-state index is -0.594. The molecule has 1 aromatic heterocycles. The van der Waals surface area contributed by atoms with Crippen LogP contribution in [-0.4, -0.2) is 22.8 Å². The van der Waals surface area contributed by atoms with Crippen molar-refractivity contribution in [1.29, 1.82) is 0 Å². The fourth-order valence-electron chi connectivity index (χ4n) is 2.37. The molecule has 3 aromatic rings. The van der Waals surface area contributed by atoms with Crippen molar-refractivity contribution >= 4 is 23.2 Å². The fourth-order valence-corrected chi connectivity index (χ4v) is 2.54. The minimum absolute atomic E-state index is 0.206. The van der Waals surface area contributed by atoms with E-state index in [1.54, 1.807) is 56.5 Å². The summed E-state index contributed by atoms with van der Waals surface area (Å²) in [5.41, 5.74) is 1.27. The summed E-state index contributed by atoms with van der Waals surface area (Å²) in [6, 6.07) is 13.6. The molecule has 6 nitrogen and oxygen atoms in total. The Balaban J connectivity index is 1.93. The molecule has 0 spiro atoms. The van der Waals surface area contributed by atoms with Crippen molar-refractivity contribution in [2.45, 2.75) is 6.92 Å². The Kier molecular flexibility index (Phi) is 5.04. The molecular weight excluding hydrogens is 354 g/mol. The van der Waals surface area contributed by atoms with Crippen LogP contribution >= 0.6 is 11.6 Å². The van der Waals surface area contributed by atoms with Crippen molar-refractivity contribution < 1.29 is 9.53 Å². The monoisotopic (exact) mass is 369 g/mol. The number of nitrogens with one attached hydrogen (secondary N) is 1. The Morgan fingerprint density at radius 1 is 1.15 bits per heavy atom. The van der Waals surface area contributed by atoms with Gasteiger partial charge in [-0.2, -0.15) is 5.10 Å². The van der Waals surface area contributed by atoms with E-state index in [2.05, 4.69) is 10.4 Å². The molecule has 0 bridgehead atoms. The average Bonchev–Trinajstić information content (AvgIpc) is 2.66. The number of aromatic nitrogens is 2. The summed E-state index contributed by atoms with van der Waals surface area (Å²) < 4.78 is 6.58. The first-order chi connectivity index (χ1) is 12.5. The molecule has 2 aromatic carbocycles. The molecule has 3 rings (SSSR count). The zero-order valence-corrected chi connectivity index (χ0v) is 14.9. The number of methoxy groups -OCH3 is 1. The summed E-state index contributed by atoms with van der Waals surface area (Å²) in [6.45, 7) is 1.78. The predicted molar refractivity (Wildman–Crippen MR) is 101 cm³/mol. The van der Waals surface area contributed by atoms with Gasteiger partial charge in [0.2, 0.25) is 5.43 Å². The molecule has 0 aliphatic rings. The highest BCUT2D eigenvalue weighted by Crippen LogP contribution is 2.23. The van der Waals surface area contributed by atoms with Crippen LogP contribution < -0.4 is 15.5 Å². The van der Waals surface area contributed by atoms with Crippen molar-refractivity contribution in [3.05, 3.63) is 81.2 Å². The minimum Gasteiger partial charge on any atom is -0.497 e. The van der Waals surface area contributed by atoms with Gasteiger partial charge in [0.25, 0.3) is 5.91 Å². The van der Waals surface area contributed by atoms with E-state index in [4.69, 9.17) is 16.3 Å². The number of benzene rings is 2. The quantitative estimate of drug-likeness (QED) is 0.764. The lowest BCUT2D eigenvalue weighted by Crippen LogP contribution is -2.25. The van der Waals surface area contributed by atoms with Gasteiger partial charge in [-0.3, -0.25) is 9.59 Å². The molecule has 0 saturated heterocycles. The molecule has 0 unspecified atom stereocenters. The van der Waals surface area contributed by atoms with E-state index >= 15 is 0 Å².